The van der Waals surface area contributed by atoms with Crippen molar-refractivity contribution >= 4 is 11.6 Å². The summed E-state index contributed by atoms with van der Waals surface area (Å²) in [5.74, 6) is -0.183. The van der Waals surface area contributed by atoms with Crippen molar-refractivity contribution in [2.24, 2.45) is 12.8 Å². The zero-order valence-corrected chi connectivity index (χ0v) is 10.6. The highest BCUT2D eigenvalue weighted by molar-refractivity contribution is 5.94. The predicted octanol–water partition coefficient (Wildman–Crippen LogP) is 0.645. The van der Waals surface area contributed by atoms with E-state index in [0.29, 0.717) is 12.1 Å². The Balaban J connectivity index is 1.80. The van der Waals surface area contributed by atoms with Crippen LogP contribution in [0.2, 0.25) is 0 Å². The van der Waals surface area contributed by atoms with E-state index in [2.05, 4.69) is 10.4 Å². The van der Waals surface area contributed by atoms with Crippen molar-refractivity contribution in [3.8, 4) is 0 Å². The lowest BCUT2D eigenvalue weighted by Crippen LogP contribution is -2.39. The monoisotopic (exact) mass is 252 g/mol. The van der Waals surface area contributed by atoms with E-state index in [-0.39, 0.29) is 12.0 Å². The van der Waals surface area contributed by atoms with Gasteiger partial charge in [-0.1, -0.05) is 0 Å². The molecule has 1 aliphatic heterocycles. The molecule has 0 saturated carbocycles. The number of aromatic nitrogens is 2. The fourth-order valence-electron chi connectivity index (χ4n) is 2.10. The molecule has 0 bridgehead atoms. The molecule has 6 heteroatoms. The molecular formula is C12H20N4O2. The molecule has 2 heterocycles. The van der Waals surface area contributed by atoms with Crippen LogP contribution in [0.25, 0.3) is 0 Å². The van der Waals surface area contributed by atoms with Gasteiger partial charge in [-0.3, -0.25) is 9.48 Å². The number of hydrogen-bond acceptors (Lipinski definition) is 4. The van der Waals surface area contributed by atoms with Crippen LogP contribution in [0.15, 0.2) is 12.4 Å². The number of nitrogens with one attached hydrogen (secondary N) is 1. The van der Waals surface area contributed by atoms with Gasteiger partial charge in [0.2, 0.25) is 5.91 Å². The number of anilines is 1. The molecule has 2 atom stereocenters. The van der Waals surface area contributed by atoms with Gasteiger partial charge in [0.1, 0.15) is 0 Å². The molecule has 2 rings (SSSR count). The second-order valence-corrected chi connectivity index (χ2v) is 4.72. The molecule has 1 saturated heterocycles. The van der Waals surface area contributed by atoms with E-state index in [1.54, 1.807) is 24.1 Å². The normalized spacial score (nSPS) is 21.6. The molecule has 6 nitrogen and oxygen atoms in total. The Labute approximate surface area is 106 Å². The highest BCUT2D eigenvalue weighted by Crippen LogP contribution is 2.17. The Kier molecular flexibility index (Phi) is 4.33. The van der Waals surface area contributed by atoms with Crippen molar-refractivity contribution < 1.29 is 9.53 Å². The van der Waals surface area contributed by atoms with Gasteiger partial charge in [-0.15, -0.1) is 0 Å². The summed E-state index contributed by atoms with van der Waals surface area (Å²) < 4.78 is 7.21. The summed E-state index contributed by atoms with van der Waals surface area (Å²) in [7, 11) is 1.80. The van der Waals surface area contributed by atoms with Crippen LogP contribution in [0.5, 0.6) is 0 Å². The summed E-state index contributed by atoms with van der Waals surface area (Å²) in [6, 6.07) is -0.534. The van der Waals surface area contributed by atoms with Gasteiger partial charge < -0.3 is 15.8 Å². The molecule has 1 fully saturated rings. The summed E-state index contributed by atoms with van der Waals surface area (Å²) in [5, 5.41) is 6.73. The van der Waals surface area contributed by atoms with E-state index in [0.717, 1.165) is 25.9 Å². The van der Waals surface area contributed by atoms with E-state index in [4.69, 9.17) is 10.5 Å². The van der Waals surface area contributed by atoms with Crippen LogP contribution in [-0.2, 0) is 16.6 Å². The first-order valence-electron chi connectivity index (χ1n) is 6.32. The lowest BCUT2D eigenvalue weighted by atomic mass is 10.0. The molecule has 100 valence electrons. The minimum absolute atomic E-state index is 0.119. The molecule has 0 spiro atoms. The fourth-order valence-corrected chi connectivity index (χ4v) is 2.10. The van der Waals surface area contributed by atoms with E-state index in [9.17, 15) is 4.79 Å². The summed E-state index contributed by atoms with van der Waals surface area (Å²) in [6.07, 6.45) is 7.28. The predicted molar refractivity (Wildman–Crippen MR) is 68.0 cm³/mol. The van der Waals surface area contributed by atoms with Gasteiger partial charge in [0, 0.05) is 19.9 Å². The second kappa shape index (κ2) is 5.97. The highest BCUT2D eigenvalue weighted by Gasteiger charge is 2.22. The Morgan fingerprint density at radius 3 is 3.17 bits per heavy atom. The third-order valence-electron chi connectivity index (χ3n) is 3.10. The first-order chi connectivity index (χ1) is 8.65. The molecule has 1 aromatic rings. The summed E-state index contributed by atoms with van der Waals surface area (Å²) >= 11 is 0. The van der Waals surface area contributed by atoms with Crippen LogP contribution >= 0.6 is 0 Å². The smallest absolute Gasteiger partial charge is 0.241 e. The van der Waals surface area contributed by atoms with Crippen LogP contribution in [0.3, 0.4) is 0 Å². The topological polar surface area (TPSA) is 82.2 Å². The maximum Gasteiger partial charge on any atom is 0.241 e. The zero-order valence-electron chi connectivity index (χ0n) is 10.6. The molecule has 1 unspecified atom stereocenters. The van der Waals surface area contributed by atoms with Crippen molar-refractivity contribution in [3.63, 3.8) is 0 Å². The standard InChI is InChI=1S/C12H20N4O2/c1-16-8-9(7-14-16)15-12(17)11(13)6-10-4-2-3-5-18-10/h7-8,10-11H,2-6,13H2,1H3,(H,15,17)/t10?,11-/m0/s1. The van der Waals surface area contributed by atoms with Crippen molar-refractivity contribution in [1.82, 2.24) is 9.78 Å². The average molecular weight is 252 g/mol. The summed E-state index contributed by atoms with van der Waals surface area (Å²) in [4.78, 5) is 11.9. The van der Waals surface area contributed by atoms with E-state index < -0.39 is 6.04 Å². The Morgan fingerprint density at radius 1 is 1.72 bits per heavy atom. The number of nitrogens with two attached hydrogens (primary N) is 1. The summed E-state index contributed by atoms with van der Waals surface area (Å²) in [5.41, 5.74) is 6.55. The lowest BCUT2D eigenvalue weighted by molar-refractivity contribution is -0.118. The molecule has 1 aliphatic rings. The zero-order chi connectivity index (χ0) is 13.0. The summed E-state index contributed by atoms with van der Waals surface area (Å²) in [6.45, 7) is 0.779. The molecule has 0 aromatic carbocycles. The van der Waals surface area contributed by atoms with Crippen LogP contribution in [0.4, 0.5) is 5.69 Å². The number of carbonyl (C=O) groups excluding carboxylic acids is 1. The van der Waals surface area contributed by atoms with Crippen LogP contribution in [0.1, 0.15) is 25.7 Å². The van der Waals surface area contributed by atoms with Crippen molar-refractivity contribution in [1.29, 1.82) is 0 Å². The van der Waals surface area contributed by atoms with Gasteiger partial charge in [0.15, 0.2) is 0 Å². The van der Waals surface area contributed by atoms with Crippen molar-refractivity contribution in [2.75, 3.05) is 11.9 Å². The van der Waals surface area contributed by atoms with Crippen LogP contribution < -0.4 is 11.1 Å². The molecule has 3 N–H and O–H groups in total. The number of hydrogen-bond donors (Lipinski definition) is 2. The Hall–Kier alpha value is -1.40. The number of carbonyl (C=O) groups is 1. The molecular weight excluding hydrogens is 232 g/mol. The van der Waals surface area contributed by atoms with Crippen LogP contribution in [0, 0.1) is 0 Å². The SMILES string of the molecule is Cn1cc(NC(=O)[C@@H](N)CC2CCCCO2)cn1. The molecule has 0 aliphatic carbocycles. The van der Waals surface area contributed by atoms with Gasteiger partial charge in [-0.25, -0.2) is 0 Å². The largest absolute Gasteiger partial charge is 0.378 e. The van der Waals surface area contributed by atoms with E-state index in [1.165, 1.54) is 0 Å². The molecule has 1 amide bonds. The highest BCUT2D eigenvalue weighted by atomic mass is 16.5. The number of rotatable bonds is 4. The molecule has 0 radical (unpaired) electrons. The minimum atomic E-state index is -0.534. The number of ether oxygens (including phenoxy) is 1. The van der Waals surface area contributed by atoms with E-state index >= 15 is 0 Å². The fraction of sp³-hybridized carbons (Fsp3) is 0.667. The van der Waals surface area contributed by atoms with Crippen molar-refractivity contribution in [2.45, 2.75) is 37.8 Å². The van der Waals surface area contributed by atoms with Gasteiger partial charge in [0.25, 0.3) is 0 Å². The molecule has 1 aromatic heterocycles. The maximum atomic E-state index is 11.9. The first-order valence-corrected chi connectivity index (χ1v) is 6.32. The minimum Gasteiger partial charge on any atom is -0.378 e. The van der Waals surface area contributed by atoms with Gasteiger partial charge in [-0.2, -0.15) is 5.10 Å². The van der Waals surface area contributed by atoms with Crippen molar-refractivity contribution in [3.05, 3.63) is 12.4 Å². The number of nitrogens with zero attached hydrogens (tertiary/aromatic N) is 2. The Morgan fingerprint density at radius 2 is 2.56 bits per heavy atom. The second-order valence-electron chi connectivity index (χ2n) is 4.72. The third kappa shape index (κ3) is 3.54. The Bertz CT molecular complexity index is 399. The lowest BCUT2D eigenvalue weighted by Gasteiger charge is -2.24. The quantitative estimate of drug-likeness (QED) is 0.824. The first kappa shape index (κ1) is 13.0. The van der Waals surface area contributed by atoms with E-state index in [1.807, 2.05) is 0 Å². The van der Waals surface area contributed by atoms with Gasteiger partial charge in [-0.05, 0) is 25.7 Å². The van der Waals surface area contributed by atoms with Crippen LogP contribution in [-0.4, -0.2) is 34.4 Å². The van der Waals surface area contributed by atoms with Gasteiger partial charge in [0.05, 0.1) is 24.0 Å². The maximum absolute atomic E-state index is 11.9. The van der Waals surface area contributed by atoms with Gasteiger partial charge >= 0.3 is 0 Å². The number of aryl methyl sites for hydroxylation is 1. The average Bonchev–Trinajstić information content (AvgIpc) is 2.76. The number of amides is 1. The third-order valence-corrected chi connectivity index (χ3v) is 3.10. The molecule has 18 heavy (non-hydrogen) atoms.